The minimum Gasteiger partial charge on any atom is -0.358 e. The summed E-state index contributed by atoms with van der Waals surface area (Å²) in [6.07, 6.45) is 19.4. The van der Waals surface area contributed by atoms with Crippen LogP contribution in [-0.2, 0) is 6.42 Å². The molecule has 1 heteroatoms. The highest BCUT2D eigenvalue weighted by molar-refractivity contribution is 5.84. The van der Waals surface area contributed by atoms with Crippen molar-refractivity contribution in [3.05, 3.63) is 46.8 Å². The van der Waals surface area contributed by atoms with Gasteiger partial charge in [0.15, 0.2) is 0 Å². The second-order valence-corrected chi connectivity index (χ2v) is 6.44. The third-order valence-electron chi connectivity index (χ3n) is 5.16. The van der Waals surface area contributed by atoms with E-state index in [2.05, 4.69) is 42.3 Å². The second-order valence-electron chi connectivity index (χ2n) is 6.44. The smallest absolute Gasteiger partial charge is 0.0459 e. The Morgan fingerprint density at radius 2 is 2.30 bits per heavy atom. The number of aromatic amines is 1. The van der Waals surface area contributed by atoms with Crippen LogP contribution in [0, 0.1) is 5.92 Å². The number of fused-ring (bicyclic) bond motifs is 5. The van der Waals surface area contributed by atoms with Crippen LogP contribution in [-0.4, -0.2) is 4.98 Å². The molecule has 0 bridgehead atoms. The third-order valence-corrected chi connectivity index (χ3v) is 5.16. The molecule has 0 fully saturated rings. The molecule has 1 aromatic rings. The van der Waals surface area contributed by atoms with Crippen LogP contribution in [0.4, 0.5) is 0 Å². The lowest BCUT2D eigenvalue weighted by atomic mass is 9.75. The van der Waals surface area contributed by atoms with Gasteiger partial charge in [0.1, 0.15) is 0 Å². The average molecular weight is 265 g/mol. The molecular formula is C19H23N. The standard InChI is InChI=1S/C19H23N/c1-2-6-14-8-5-10-16-18(14)19-15-9-4-3-7-13(15)11-12-17(19)20-16/h3-4,9,11-14,20H,2,5-8,10H2,1H3. The largest absolute Gasteiger partial charge is 0.358 e. The van der Waals surface area contributed by atoms with Gasteiger partial charge in [-0.1, -0.05) is 37.6 Å². The molecule has 1 heterocycles. The first-order valence-electron chi connectivity index (χ1n) is 8.18. The van der Waals surface area contributed by atoms with Crippen molar-refractivity contribution >= 4 is 11.6 Å². The first-order chi connectivity index (χ1) is 9.88. The van der Waals surface area contributed by atoms with Crippen molar-refractivity contribution in [2.24, 2.45) is 5.92 Å². The third kappa shape index (κ3) is 1.76. The summed E-state index contributed by atoms with van der Waals surface area (Å²) in [6.45, 7) is 2.32. The van der Waals surface area contributed by atoms with Crippen LogP contribution in [0.2, 0.25) is 0 Å². The number of rotatable bonds is 2. The normalized spacial score (nSPS) is 26.8. The van der Waals surface area contributed by atoms with E-state index in [1.165, 1.54) is 49.9 Å². The van der Waals surface area contributed by atoms with Gasteiger partial charge >= 0.3 is 0 Å². The molecule has 0 aliphatic heterocycles. The minimum absolute atomic E-state index is 0.608. The summed E-state index contributed by atoms with van der Waals surface area (Å²) in [5, 5.41) is 0. The van der Waals surface area contributed by atoms with Crippen molar-refractivity contribution in [3.63, 3.8) is 0 Å². The first kappa shape index (κ1) is 12.3. The number of nitrogens with one attached hydrogen (secondary N) is 1. The van der Waals surface area contributed by atoms with Gasteiger partial charge in [-0.2, -0.15) is 0 Å². The molecule has 104 valence electrons. The maximum atomic E-state index is 3.72. The van der Waals surface area contributed by atoms with Crippen LogP contribution in [0.15, 0.2) is 24.3 Å². The summed E-state index contributed by atoms with van der Waals surface area (Å²) in [4.78, 5) is 3.72. The van der Waals surface area contributed by atoms with E-state index in [1.807, 2.05) is 0 Å². The van der Waals surface area contributed by atoms with Crippen LogP contribution >= 0.6 is 0 Å². The first-order valence-corrected chi connectivity index (χ1v) is 8.18. The van der Waals surface area contributed by atoms with Gasteiger partial charge in [-0.3, -0.25) is 0 Å². The molecule has 2 unspecified atom stereocenters. The lowest BCUT2D eigenvalue weighted by molar-refractivity contribution is 0.511. The van der Waals surface area contributed by atoms with Crippen molar-refractivity contribution in [2.75, 3.05) is 0 Å². The van der Waals surface area contributed by atoms with Gasteiger partial charge in [0, 0.05) is 22.9 Å². The Hall–Kier alpha value is -1.50. The van der Waals surface area contributed by atoms with E-state index in [-0.39, 0.29) is 0 Å². The molecule has 0 radical (unpaired) electrons. The molecule has 0 spiro atoms. The van der Waals surface area contributed by atoms with Gasteiger partial charge in [0.25, 0.3) is 0 Å². The molecule has 2 atom stereocenters. The summed E-state index contributed by atoms with van der Waals surface area (Å²) in [6, 6.07) is 0. The van der Waals surface area contributed by atoms with Gasteiger partial charge in [-0.15, -0.1) is 0 Å². The molecule has 1 aromatic heterocycles. The highest BCUT2D eigenvalue weighted by atomic mass is 14.8. The maximum Gasteiger partial charge on any atom is 0.0459 e. The molecule has 0 saturated heterocycles. The molecule has 0 saturated carbocycles. The highest BCUT2D eigenvalue weighted by Gasteiger charge is 2.31. The Labute approximate surface area is 121 Å². The van der Waals surface area contributed by atoms with Crippen LogP contribution in [0.5, 0.6) is 0 Å². The van der Waals surface area contributed by atoms with Crippen molar-refractivity contribution < 1.29 is 0 Å². The fourth-order valence-electron chi connectivity index (χ4n) is 4.29. The van der Waals surface area contributed by atoms with Gasteiger partial charge < -0.3 is 4.98 Å². The number of allylic oxidation sites excluding steroid dienone is 5. The summed E-state index contributed by atoms with van der Waals surface area (Å²) >= 11 is 0. The number of hydrogen-bond acceptors (Lipinski definition) is 0. The van der Waals surface area contributed by atoms with E-state index < -0.39 is 0 Å². The Bertz CT molecular complexity index is 612. The molecule has 0 amide bonds. The Kier molecular flexibility index (Phi) is 2.94. The fraction of sp³-hybridized carbons (Fsp3) is 0.474. The molecule has 1 N–H and O–H groups in total. The van der Waals surface area contributed by atoms with Crippen molar-refractivity contribution in [1.82, 2.24) is 4.98 Å². The number of H-pyrrole nitrogens is 1. The molecule has 1 nitrogen and oxygen atoms in total. The number of aromatic nitrogens is 1. The Morgan fingerprint density at radius 1 is 1.35 bits per heavy atom. The Morgan fingerprint density at radius 3 is 3.20 bits per heavy atom. The number of aryl methyl sites for hydroxylation is 1. The summed E-state index contributed by atoms with van der Waals surface area (Å²) in [7, 11) is 0. The molecule has 3 aliphatic rings. The zero-order chi connectivity index (χ0) is 13.5. The molecule has 0 aromatic carbocycles. The zero-order valence-corrected chi connectivity index (χ0v) is 12.3. The van der Waals surface area contributed by atoms with Crippen LogP contribution in [0.25, 0.3) is 11.6 Å². The summed E-state index contributed by atoms with van der Waals surface area (Å²) < 4.78 is 0. The van der Waals surface area contributed by atoms with Gasteiger partial charge in [-0.05, 0) is 55.2 Å². The van der Waals surface area contributed by atoms with Gasteiger partial charge in [0.05, 0.1) is 0 Å². The Balaban J connectivity index is 1.88. The predicted molar refractivity (Wildman–Crippen MR) is 85.6 cm³/mol. The fourth-order valence-corrected chi connectivity index (χ4v) is 4.29. The van der Waals surface area contributed by atoms with Crippen molar-refractivity contribution in [3.8, 4) is 0 Å². The predicted octanol–water partition coefficient (Wildman–Crippen LogP) is 5.22. The van der Waals surface area contributed by atoms with E-state index in [1.54, 1.807) is 16.7 Å². The van der Waals surface area contributed by atoms with E-state index in [9.17, 15) is 0 Å². The summed E-state index contributed by atoms with van der Waals surface area (Å²) in [5.74, 6) is 1.39. The van der Waals surface area contributed by atoms with Crippen molar-refractivity contribution in [2.45, 2.75) is 51.4 Å². The minimum atomic E-state index is 0.608. The lowest BCUT2D eigenvalue weighted by Crippen LogP contribution is -2.13. The van der Waals surface area contributed by atoms with E-state index in [4.69, 9.17) is 0 Å². The topological polar surface area (TPSA) is 15.8 Å². The monoisotopic (exact) mass is 265 g/mol. The summed E-state index contributed by atoms with van der Waals surface area (Å²) in [5.41, 5.74) is 7.70. The molecule has 3 aliphatic carbocycles. The zero-order valence-electron chi connectivity index (χ0n) is 12.3. The molecule has 4 rings (SSSR count). The average Bonchev–Trinajstić information content (AvgIpc) is 2.87. The van der Waals surface area contributed by atoms with E-state index in [0.29, 0.717) is 5.92 Å². The van der Waals surface area contributed by atoms with E-state index >= 15 is 0 Å². The van der Waals surface area contributed by atoms with Crippen molar-refractivity contribution in [1.29, 1.82) is 0 Å². The molecular weight excluding hydrogens is 242 g/mol. The van der Waals surface area contributed by atoms with Crippen LogP contribution < -0.4 is 0 Å². The van der Waals surface area contributed by atoms with E-state index in [0.717, 1.165) is 5.92 Å². The highest BCUT2D eigenvalue weighted by Crippen LogP contribution is 2.46. The molecule has 20 heavy (non-hydrogen) atoms. The lowest BCUT2D eigenvalue weighted by Gasteiger charge is -2.28. The maximum absolute atomic E-state index is 3.72. The van der Waals surface area contributed by atoms with Crippen LogP contribution in [0.1, 0.15) is 67.5 Å². The van der Waals surface area contributed by atoms with Gasteiger partial charge in [-0.25, -0.2) is 0 Å². The van der Waals surface area contributed by atoms with Gasteiger partial charge in [0.2, 0.25) is 0 Å². The number of hydrogen-bond donors (Lipinski definition) is 1. The van der Waals surface area contributed by atoms with Crippen LogP contribution in [0.3, 0.4) is 0 Å². The second kappa shape index (κ2) is 4.80. The quantitative estimate of drug-likeness (QED) is 0.754. The SMILES string of the molecule is CCCC1CCCc2[nH]c3c(c21)C1=CC=CCC1C=C3.